The second-order valence-electron chi connectivity index (χ2n) is 5.81. The van der Waals surface area contributed by atoms with Gasteiger partial charge in [-0.3, -0.25) is 4.79 Å². The highest BCUT2D eigenvalue weighted by Crippen LogP contribution is 2.24. The molecule has 5 heteroatoms. The van der Waals surface area contributed by atoms with Crippen LogP contribution in [0.1, 0.15) is 40.0 Å². The zero-order valence-electron chi connectivity index (χ0n) is 12.3. The molecule has 2 aliphatic heterocycles. The molecule has 0 bridgehead atoms. The van der Waals surface area contributed by atoms with Crippen LogP contribution in [-0.4, -0.2) is 64.9 Å². The van der Waals surface area contributed by atoms with Gasteiger partial charge in [0.2, 0.25) is 5.91 Å². The van der Waals surface area contributed by atoms with E-state index in [9.17, 15) is 9.59 Å². The Balaban J connectivity index is 1.95. The van der Waals surface area contributed by atoms with Gasteiger partial charge in [0.05, 0.1) is 0 Å². The summed E-state index contributed by atoms with van der Waals surface area (Å²) in [5, 5.41) is 0. The minimum absolute atomic E-state index is 0.104. The number of carbonyl (C=O) groups is 2. The van der Waals surface area contributed by atoms with Crippen molar-refractivity contribution in [1.82, 2.24) is 14.7 Å². The number of piperidine rings is 1. The zero-order chi connectivity index (χ0) is 14.0. The van der Waals surface area contributed by atoms with Gasteiger partial charge in [-0.25, -0.2) is 4.79 Å². The van der Waals surface area contributed by atoms with Crippen LogP contribution in [0.2, 0.25) is 0 Å². The van der Waals surface area contributed by atoms with Gasteiger partial charge in [0.1, 0.15) is 0 Å². The van der Waals surface area contributed by atoms with E-state index in [1.165, 1.54) is 6.42 Å². The average Bonchev–Trinajstić information content (AvgIpc) is 2.38. The number of piperazine rings is 1. The molecule has 108 valence electrons. The highest BCUT2D eigenvalue weighted by atomic mass is 16.2. The molecule has 5 nitrogen and oxygen atoms in total. The molecule has 2 saturated heterocycles. The number of likely N-dealkylation sites (tertiary alicyclic amines) is 1. The Morgan fingerprint density at radius 1 is 0.895 bits per heavy atom. The molecule has 19 heavy (non-hydrogen) atoms. The van der Waals surface area contributed by atoms with Crippen molar-refractivity contribution in [3.63, 3.8) is 0 Å². The van der Waals surface area contributed by atoms with Gasteiger partial charge in [0.25, 0.3) is 0 Å². The fourth-order valence-corrected chi connectivity index (χ4v) is 3.17. The van der Waals surface area contributed by atoms with Crippen LogP contribution in [0.4, 0.5) is 4.79 Å². The lowest BCUT2D eigenvalue weighted by atomic mass is 9.98. The first-order valence-electron chi connectivity index (χ1n) is 7.33. The maximum absolute atomic E-state index is 12.6. The zero-order valence-corrected chi connectivity index (χ0v) is 12.3. The SMILES string of the molecule is CC(=O)N1CCN(C(=O)N2C(C)CCCC2C)CC1. The van der Waals surface area contributed by atoms with E-state index < -0.39 is 0 Å². The van der Waals surface area contributed by atoms with Crippen LogP contribution in [0, 0.1) is 0 Å². The van der Waals surface area contributed by atoms with E-state index in [1.807, 2.05) is 14.7 Å². The Morgan fingerprint density at radius 3 is 1.84 bits per heavy atom. The summed E-state index contributed by atoms with van der Waals surface area (Å²) in [6, 6.07) is 0.826. The predicted molar refractivity (Wildman–Crippen MR) is 73.8 cm³/mol. The van der Waals surface area contributed by atoms with Gasteiger partial charge in [-0.05, 0) is 33.1 Å². The van der Waals surface area contributed by atoms with Crippen molar-refractivity contribution >= 4 is 11.9 Å². The first-order chi connectivity index (χ1) is 9.00. The van der Waals surface area contributed by atoms with Crippen molar-refractivity contribution in [1.29, 1.82) is 0 Å². The summed E-state index contributed by atoms with van der Waals surface area (Å²) >= 11 is 0. The minimum atomic E-state index is 0.104. The Kier molecular flexibility index (Phi) is 4.32. The summed E-state index contributed by atoms with van der Waals surface area (Å²) in [5.74, 6) is 0.104. The van der Waals surface area contributed by atoms with E-state index in [1.54, 1.807) is 6.92 Å². The van der Waals surface area contributed by atoms with Gasteiger partial charge in [0.15, 0.2) is 0 Å². The monoisotopic (exact) mass is 267 g/mol. The van der Waals surface area contributed by atoms with Gasteiger partial charge in [0, 0.05) is 45.2 Å². The van der Waals surface area contributed by atoms with E-state index >= 15 is 0 Å². The molecular weight excluding hydrogens is 242 g/mol. The molecule has 0 spiro atoms. The molecule has 0 aromatic rings. The summed E-state index contributed by atoms with van der Waals surface area (Å²) in [4.78, 5) is 29.6. The van der Waals surface area contributed by atoms with Crippen LogP contribution in [0.5, 0.6) is 0 Å². The Morgan fingerprint density at radius 2 is 1.37 bits per heavy atom. The van der Waals surface area contributed by atoms with Crippen LogP contribution < -0.4 is 0 Å². The summed E-state index contributed by atoms with van der Waals surface area (Å²) < 4.78 is 0. The van der Waals surface area contributed by atoms with E-state index in [2.05, 4.69) is 13.8 Å². The topological polar surface area (TPSA) is 43.9 Å². The molecule has 0 aliphatic carbocycles. The van der Waals surface area contributed by atoms with Crippen molar-refractivity contribution in [2.75, 3.05) is 26.2 Å². The Labute approximate surface area is 115 Å². The molecule has 0 N–H and O–H groups in total. The summed E-state index contributed by atoms with van der Waals surface area (Å²) in [6.07, 6.45) is 3.41. The van der Waals surface area contributed by atoms with Crippen LogP contribution in [0.25, 0.3) is 0 Å². The fraction of sp³-hybridized carbons (Fsp3) is 0.857. The highest BCUT2D eigenvalue weighted by Gasteiger charge is 2.33. The second-order valence-corrected chi connectivity index (χ2v) is 5.81. The van der Waals surface area contributed by atoms with E-state index in [0.29, 0.717) is 38.3 Å². The number of urea groups is 1. The second kappa shape index (κ2) is 5.80. The van der Waals surface area contributed by atoms with Crippen molar-refractivity contribution in [2.45, 2.75) is 52.1 Å². The number of hydrogen-bond donors (Lipinski definition) is 0. The van der Waals surface area contributed by atoms with Crippen LogP contribution >= 0.6 is 0 Å². The number of nitrogens with zero attached hydrogens (tertiary/aromatic N) is 3. The largest absolute Gasteiger partial charge is 0.339 e. The van der Waals surface area contributed by atoms with Crippen molar-refractivity contribution in [3.05, 3.63) is 0 Å². The van der Waals surface area contributed by atoms with Crippen molar-refractivity contribution in [3.8, 4) is 0 Å². The molecule has 0 radical (unpaired) electrons. The quantitative estimate of drug-likeness (QED) is 0.668. The van der Waals surface area contributed by atoms with Gasteiger partial charge < -0.3 is 14.7 Å². The third kappa shape index (κ3) is 3.01. The average molecular weight is 267 g/mol. The molecular formula is C14H25N3O2. The number of carbonyl (C=O) groups excluding carboxylic acids is 2. The molecule has 2 unspecified atom stereocenters. The lowest BCUT2D eigenvalue weighted by Gasteiger charge is -2.43. The van der Waals surface area contributed by atoms with Crippen molar-refractivity contribution in [2.24, 2.45) is 0 Å². The summed E-state index contributed by atoms with van der Waals surface area (Å²) in [6.45, 7) is 8.52. The van der Waals surface area contributed by atoms with Gasteiger partial charge in [-0.1, -0.05) is 0 Å². The molecule has 3 amide bonds. The van der Waals surface area contributed by atoms with Crippen molar-refractivity contribution < 1.29 is 9.59 Å². The van der Waals surface area contributed by atoms with E-state index in [-0.39, 0.29) is 11.9 Å². The smallest absolute Gasteiger partial charge is 0.320 e. The van der Waals surface area contributed by atoms with E-state index in [0.717, 1.165) is 12.8 Å². The lowest BCUT2D eigenvalue weighted by molar-refractivity contribution is -0.130. The molecule has 0 aromatic carbocycles. The van der Waals surface area contributed by atoms with Crippen LogP contribution in [0.3, 0.4) is 0 Å². The molecule has 0 saturated carbocycles. The highest BCUT2D eigenvalue weighted by molar-refractivity contribution is 5.76. The maximum Gasteiger partial charge on any atom is 0.320 e. The van der Waals surface area contributed by atoms with Gasteiger partial charge in [-0.15, -0.1) is 0 Å². The summed E-state index contributed by atoms with van der Waals surface area (Å²) in [7, 11) is 0. The van der Waals surface area contributed by atoms with Crippen LogP contribution in [0.15, 0.2) is 0 Å². The number of amides is 3. The molecule has 2 aliphatic rings. The Bertz CT molecular complexity index is 341. The first kappa shape index (κ1) is 14.2. The van der Waals surface area contributed by atoms with Crippen LogP contribution in [-0.2, 0) is 4.79 Å². The van der Waals surface area contributed by atoms with Gasteiger partial charge >= 0.3 is 6.03 Å². The standard InChI is InChI=1S/C14H25N3O2/c1-11-5-4-6-12(2)17(11)14(19)16-9-7-15(8-10-16)13(3)18/h11-12H,4-10H2,1-3H3. The molecule has 2 heterocycles. The fourth-order valence-electron chi connectivity index (χ4n) is 3.17. The molecule has 2 atom stereocenters. The van der Waals surface area contributed by atoms with E-state index in [4.69, 9.17) is 0 Å². The summed E-state index contributed by atoms with van der Waals surface area (Å²) in [5.41, 5.74) is 0. The molecule has 2 fully saturated rings. The third-order valence-corrected chi connectivity index (χ3v) is 4.41. The number of rotatable bonds is 0. The third-order valence-electron chi connectivity index (χ3n) is 4.41. The number of hydrogen-bond acceptors (Lipinski definition) is 2. The Hall–Kier alpha value is -1.26. The molecule has 2 rings (SSSR count). The normalized spacial score (nSPS) is 28.5. The molecule has 0 aromatic heterocycles. The predicted octanol–water partition coefficient (Wildman–Crippen LogP) is 1.53. The lowest BCUT2D eigenvalue weighted by Crippen LogP contribution is -2.58. The minimum Gasteiger partial charge on any atom is -0.339 e. The first-order valence-corrected chi connectivity index (χ1v) is 7.33. The van der Waals surface area contributed by atoms with Gasteiger partial charge in [-0.2, -0.15) is 0 Å². The maximum atomic E-state index is 12.6.